The summed E-state index contributed by atoms with van der Waals surface area (Å²) >= 11 is 0. The Morgan fingerprint density at radius 3 is 2.40 bits per heavy atom. The largest absolute Gasteiger partial charge is 0.507 e. The molecule has 1 atom stereocenters. The minimum Gasteiger partial charge on any atom is -0.507 e. The van der Waals surface area contributed by atoms with Crippen LogP contribution in [0.3, 0.4) is 0 Å². The summed E-state index contributed by atoms with van der Waals surface area (Å²) in [7, 11) is 1.57. The molecule has 4 rings (SSSR count). The number of nitrogens with zero attached hydrogens (tertiary/aromatic N) is 2. The van der Waals surface area contributed by atoms with Crippen molar-refractivity contribution in [3.8, 4) is 17.2 Å². The Labute approximate surface area is 255 Å². The lowest BCUT2D eigenvalue weighted by Gasteiger charge is -2.29. The Balaban J connectivity index is 1.66. The minimum absolute atomic E-state index is 0.0616. The summed E-state index contributed by atoms with van der Waals surface area (Å²) < 4.78 is 22.9. The van der Waals surface area contributed by atoms with Crippen LogP contribution in [0, 0.1) is 5.92 Å². The first-order chi connectivity index (χ1) is 20.8. The number of carbonyl (C=O) groups is 2. The van der Waals surface area contributed by atoms with E-state index in [4.69, 9.17) is 18.9 Å². The van der Waals surface area contributed by atoms with Crippen LogP contribution >= 0.6 is 0 Å². The van der Waals surface area contributed by atoms with Gasteiger partial charge in [-0.3, -0.25) is 14.5 Å². The van der Waals surface area contributed by atoms with Gasteiger partial charge in [0.15, 0.2) is 11.5 Å². The third-order valence-electron chi connectivity index (χ3n) is 7.87. The molecule has 0 aromatic heterocycles. The molecule has 9 nitrogen and oxygen atoms in total. The van der Waals surface area contributed by atoms with Crippen molar-refractivity contribution >= 4 is 17.4 Å². The average Bonchev–Trinajstić information content (AvgIpc) is 3.27. The van der Waals surface area contributed by atoms with Crippen LogP contribution in [0.2, 0.25) is 0 Å². The number of hydrogen-bond acceptors (Lipinski definition) is 8. The van der Waals surface area contributed by atoms with Crippen molar-refractivity contribution in [1.29, 1.82) is 0 Å². The SMILES string of the molecule is CCCCOc1ccc(/C(O)=C2\C(=O)C(=O)N(CCCN3CCOCC3)C2c2ccc(OCCC(C)C)c(OC)c2)cc1. The molecule has 0 radical (unpaired) electrons. The number of ether oxygens (including phenoxy) is 4. The second kappa shape index (κ2) is 15.8. The van der Waals surface area contributed by atoms with E-state index in [1.807, 2.05) is 12.1 Å². The second-order valence-corrected chi connectivity index (χ2v) is 11.5. The van der Waals surface area contributed by atoms with E-state index in [-0.39, 0.29) is 11.3 Å². The third kappa shape index (κ3) is 8.30. The molecule has 2 aliphatic heterocycles. The summed E-state index contributed by atoms with van der Waals surface area (Å²) in [6.07, 6.45) is 3.56. The molecule has 2 fully saturated rings. The quantitative estimate of drug-likeness (QED) is 0.126. The summed E-state index contributed by atoms with van der Waals surface area (Å²) in [5.74, 6) is 0.749. The van der Waals surface area contributed by atoms with Crippen molar-refractivity contribution in [2.24, 2.45) is 5.92 Å². The fraction of sp³-hybridized carbons (Fsp3) is 0.529. The molecule has 0 saturated carbocycles. The minimum atomic E-state index is -0.774. The first-order valence-electron chi connectivity index (χ1n) is 15.5. The number of likely N-dealkylation sites (tertiary alicyclic amines) is 1. The first-order valence-corrected chi connectivity index (χ1v) is 15.5. The number of Topliss-reactive ketones (excluding diaryl/α,β-unsaturated/α-hetero) is 1. The third-order valence-corrected chi connectivity index (χ3v) is 7.87. The smallest absolute Gasteiger partial charge is 0.295 e. The van der Waals surface area contributed by atoms with Crippen molar-refractivity contribution in [3.05, 3.63) is 59.2 Å². The standard InChI is InChI=1S/C34H46N2O7/c1-5-6-19-42-27-11-8-25(9-12-27)32(37)30-31(26-10-13-28(29(23-26)40-4)43-20-14-24(2)3)36(34(39)33(30)38)16-7-15-35-17-21-41-22-18-35/h8-13,23-24,31,37H,5-7,14-22H2,1-4H3/b32-30+. The molecule has 2 aromatic rings. The highest BCUT2D eigenvalue weighted by molar-refractivity contribution is 6.46. The average molecular weight is 595 g/mol. The first kappa shape index (κ1) is 32.4. The van der Waals surface area contributed by atoms with Gasteiger partial charge in [0.2, 0.25) is 0 Å². The number of aliphatic hydroxyl groups excluding tert-OH is 1. The summed E-state index contributed by atoms with van der Waals surface area (Å²) in [6.45, 7) is 11.7. The maximum absolute atomic E-state index is 13.5. The molecule has 9 heteroatoms. The van der Waals surface area contributed by atoms with Crippen molar-refractivity contribution in [2.45, 2.75) is 52.5 Å². The predicted molar refractivity (Wildman–Crippen MR) is 166 cm³/mol. The number of morpholine rings is 1. The van der Waals surface area contributed by atoms with Gasteiger partial charge in [0.1, 0.15) is 11.5 Å². The normalized spacial score (nSPS) is 18.8. The number of methoxy groups -OCH3 is 1. The number of amides is 1. The molecular weight excluding hydrogens is 548 g/mol. The monoisotopic (exact) mass is 594 g/mol. The number of hydrogen-bond donors (Lipinski definition) is 1. The predicted octanol–water partition coefficient (Wildman–Crippen LogP) is 5.44. The van der Waals surface area contributed by atoms with Crippen LogP contribution in [0.25, 0.3) is 5.76 Å². The fourth-order valence-electron chi connectivity index (χ4n) is 5.32. The zero-order valence-electron chi connectivity index (χ0n) is 26.0. The lowest BCUT2D eigenvalue weighted by atomic mass is 9.95. The molecule has 0 bridgehead atoms. The Morgan fingerprint density at radius 1 is 0.977 bits per heavy atom. The van der Waals surface area contributed by atoms with E-state index in [2.05, 4.69) is 25.7 Å². The van der Waals surface area contributed by atoms with Crippen molar-refractivity contribution in [3.63, 3.8) is 0 Å². The molecule has 2 saturated heterocycles. The van der Waals surface area contributed by atoms with Crippen LogP contribution < -0.4 is 14.2 Å². The van der Waals surface area contributed by atoms with Gasteiger partial charge < -0.3 is 29.0 Å². The number of rotatable bonds is 15. The summed E-state index contributed by atoms with van der Waals surface area (Å²) in [5.41, 5.74) is 1.17. The van der Waals surface area contributed by atoms with Crippen LogP contribution in [0.15, 0.2) is 48.0 Å². The second-order valence-electron chi connectivity index (χ2n) is 11.5. The Morgan fingerprint density at radius 2 is 1.72 bits per heavy atom. The number of unbranched alkanes of at least 4 members (excludes halogenated alkanes) is 1. The van der Waals surface area contributed by atoms with Gasteiger partial charge in [-0.25, -0.2) is 0 Å². The van der Waals surface area contributed by atoms with E-state index in [0.717, 1.165) is 38.9 Å². The Hall–Kier alpha value is -3.56. The van der Waals surface area contributed by atoms with Gasteiger partial charge in [0, 0.05) is 31.7 Å². The number of benzene rings is 2. The highest BCUT2D eigenvalue weighted by atomic mass is 16.5. The molecule has 1 amide bonds. The van der Waals surface area contributed by atoms with Gasteiger partial charge in [-0.05, 0) is 67.1 Å². The lowest BCUT2D eigenvalue weighted by molar-refractivity contribution is -0.140. The maximum Gasteiger partial charge on any atom is 0.295 e. The number of aliphatic hydroxyl groups is 1. The lowest BCUT2D eigenvalue weighted by Crippen LogP contribution is -2.39. The van der Waals surface area contributed by atoms with E-state index in [1.165, 1.54) is 0 Å². The maximum atomic E-state index is 13.5. The van der Waals surface area contributed by atoms with E-state index in [9.17, 15) is 14.7 Å². The highest BCUT2D eigenvalue weighted by Crippen LogP contribution is 2.42. The summed E-state index contributed by atoms with van der Waals surface area (Å²) in [4.78, 5) is 30.9. The zero-order chi connectivity index (χ0) is 30.8. The molecule has 1 N–H and O–H groups in total. The van der Waals surface area contributed by atoms with Gasteiger partial charge in [-0.1, -0.05) is 33.3 Å². The van der Waals surface area contributed by atoms with E-state index >= 15 is 0 Å². The van der Waals surface area contributed by atoms with Gasteiger partial charge in [-0.15, -0.1) is 0 Å². The van der Waals surface area contributed by atoms with Gasteiger partial charge in [-0.2, -0.15) is 0 Å². The molecule has 2 aliphatic rings. The Bertz CT molecular complexity index is 1250. The summed E-state index contributed by atoms with van der Waals surface area (Å²) in [6, 6.07) is 11.6. The van der Waals surface area contributed by atoms with Gasteiger partial charge in [0.25, 0.3) is 11.7 Å². The van der Waals surface area contributed by atoms with Gasteiger partial charge >= 0.3 is 0 Å². The zero-order valence-corrected chi connectivity index (χ0v) is 26.0. The van der Waals surface area contributed by atoms with Crippen molar-refractivity contribution in [1.82, 2.24) is 9.80 Å². The topological polar surface area (TPSA) is 97.8 Å². The molecule has 43 heavy (non-hydrogen) atoms. The van der Waals surface area contributed by atoms with Crippen LogP contribution in [0.5, 0.6) is 17.2 Å². The molecule has 2 heterocycles. The van der Waals surface area contributed by atoms with Crippen LogP contribution in [-0.4, -0.2) is 86.3 Å². The van der Waals surface area contributed by atoms with Crippen LogP contribution in [-0.2, 0) is 14.3 Å². The molecule has 1 unspecified atom stereocenters. The molecule has 0 spiro atoms. The number of ketones is 1. The van der Waals surface area contributed by atoms with Crippen molar-refractivity contribution in [2.75, 3.05) is 59.7 Å². The molecule has 2 aromatic carbocycles. The van der Waals surface area contributed by atoms with E-state index in [0.29, 0.717) is 73.7 Å². The molecule has 234 valence electrons. The van der Waals surface area contributed by atoms with Crippen molar-refractivity contribution < 1.29 is 33.6 Å². The van der Waals surface area contributed by atoms with Crippen LogP contribution in [0.4, 0.5) is 0 Å². The fourth-order valence-corrected chi connectivity index (χ4v) is 5.32. The van der Waals surface area contributed by atoms with Gasteiger partial charge in [0.05, 0.1) is 45.2 Å². The van der Waals surface area contributed by atoms with E-state index in [1.54, 1.807) is 42.3 Å². The molecule has 0 aliphatic carbocycles. The summed E-state index contributed by atoms with van der Waals surface area (Å²) in [5, 5.41) is 11.5. The van der Waals surface area contributed by atoms with E-state index < -0.39 is 17.7 Å². The Kier molecular flexibility index (Phi) is 11.9. The highest BCUT2D eigenvalue weighted by Gasteiger charge is 2.46. The van der Waals surface area contributed by atoms with Crippen LogP contribution in [0.1, 0.15) is 63.6 Å². The molecular formula is C34H46N2O7. The number of carbonyl (C=O) groups excluding carboxylic acids is 2.